The minimum Gasteiger partial charge on any atom is -0.370 e. The maximum Gasteiger partial charge on any atom is 0.111 e. The van der Waals surface area contributed by atoms with Crippen LogP contribution >= 0.6 is 0 Å². The van der Waals surface area contributed by atoms with E-state index in [1.54, 1.807) is 0 Å². The van der Waals surface area contributed by atoms with E-state index >= 15 is 0 Å². The second-order valence-corrected chi connectivity index (χ2v) is 1.12. The third kappa shape index (κ3) is 0.597. The molecule has 2 heteroatoms. The van der Waals surface area contributed by atoms with Crippen LogP contribution in [0.1, 0.15) is 0 Å². The van der Waals surface area contributed by atoms with E-state index < -0.39 is 0 Å². The van der Waals surface area contributed by atoms with Gasteiger partial charge in [-0.2, -0.15) is 0 Å². The zero-order chi connectivity index (χ0) is 3.70. The summed E-state index contributed by atoms with van der Waals surface area (Å²) < 4.78 is 4.55. The Morgan fingerprint density at radius 1 is 2.00 bits per heavy atom. The highest BCUT2D eigenvalue weighted by atomic mass is 16.6. The molecule has 5 heavy (non-hydrogen) atoms. The number of hydrogen-bond acceptors (Lipinski definition) is 1. The Kier molecular flexibility index (Phi) is 0.596. The van der Waals surface area contributed by atoms with Gasteiger partial charge in [0.05, 0.1) is 6.61 Å². The average Bonchev–Trinajstić information content (AvgIpc) is 2.12. The van der Waals surface area contributed by atoms with E-state index in [1.165, 1.54) is 0 Å². The van der Waals surface area contributed by atoms with Crippen LogP contribution in [0.15, 0.2) is 0 Å². The van der Waals surface area contributed by atoms with Crippen LogP contribution in [-0.4, -0.2) is 19.3 Å². The molecule has 0 saturated carbocycles. The van der Waals surface area contributed by atoms with E-state index in [9.17, 15) is 5.11 Å². The summed E-state index contributed by atoms with van der Waals surface area (Å²) in [7, 11) is 0. The van der Waals surface area contributed by atoms with Crippen molar-refractivity contribution in [3.63, 3.8) is 0 Å². The summed E-state index contributed by atoms with van der Waals surface area (Å²) >= 11 is 0. The number of ether oxygens (including phenoxy) is 1. The Morgan fingerprint density at radius 3 is 2.60 bits per heavy atom. The summed E-state index contributed by atoms with van der Waals surface area (Å²) in [5.74, 6) is 0. The molecule has 1 fully saturated rings. The molecule has 1 unspecified atom stereocenters. The lowest BCUT2D eigenvalue weighted by Crippen LogP contribution is -1.86. The molecule has 0 aliphatic carbocycles. The summed E-state index contributed by atoms with van der Waals surface area (Å²) in [5.41, 5.74) is 0. The van der Waals surface area contributed by atoms with Crippen molar-refractivity contribution >= 4 is 0 Å². The third-order valence-electron chi connectivity index (χ3n) is 0.588. The van der Waals surface area contributed by atoms with Gasteiger partial charge in [-0.15, -0.1) is 0 Å². The molecule has 0 amide bonds. The number of epoxide rings is 1. The topological polar surface area (TPSA) is 32.4 Å². The van der Waals surface area contributed by atoms with Gasteiger partial charge in [0.2, 0.25) is 0 Å². The standard InChI is InChI=1S/C3H5O2/c4-1-3-2-5-3/h3H,1-2H2. The smallest absolute Gasteiger partial charge is 0.111 e. The molecule has 0 aromatic rings. The van der Waals surface area contributed by atoms with Crippen LogP contribution in [0, 0.1) is 0 Å². The molecule has 29 valence electrons. The van der Waals surface area contributed by atoms with Gasteiger partial charge in [-0.3, -0.25) is 0 Å². The molecule has 0 N–H and O–H groups in total. The Bertz CT molecular complexity index is 31.9. The first-order valence-corrected chi connectivity index (χ1v) is 1.63. The highest BCUT2D eigenvalue weighted by molar-refractivity contribution is 4.64. The van der Waals surface area contributed by atoms with Crippen molar-refractivity contribution in [2.45, 2.75) is 6.10 Å². The maximum absolute atomic E-state index is 9.57. The SMILES string of the molecule is [O]CC1CO1. The molecule has 1 heterocycles. The first-order chi connectivity index (χ1) is 2.43. The van der Waals surface area contributed by atoms with Crippen LogP contribution in [0.3, 0.4) is 0 Å². The molecule has 2 nitrogen and oxygen atoms in total. The number of rotatable bonds is 1. The number of hydrogen-bond donors (Lipinski definition) is 0. The Hall–Kier alpha value is -0.0800. The van der Waals surface area contributed by atoms with Crippen LogP contribution in [0.5, 0.6) is 0 Å². The van der Waals surface area contributed by atoms with Gasteiger partial charge in [-0.1, -0.05) is 0 Å². The normalized spacial score (nSPS) is 34.2. The van der Waals surface area contributed by atoms with Gasteiger partial charge < -0.3 is 4.74 Å². The van der Waals surface area contributed by atoms with Gasteiger partial charge in [0.15, 0.2) is 0 Å². The molecule has 1 aliphatic rings. The zero-order valence-corrected chi connectivity index (χ0v) is 2.81. The van der Waals surface area contributed by atoms with E-state index in [0.29, 0.717) is 6.61 Å². The fourth-order valence-corrected chi connectivity index (χ4v) is 0.164. The van der Waals surface area contributed by atoms with E-state index in [4.69, 9.17) is 0 Å². The molecule has 1 aliphatic heterocycles. The highest BCUT2D eigenvalue weighted by Gasteiger charge is 2.20. The molecule has 1 saturated heterocycles. The lowest BCUT2D eigenvalue weighted by atomic mass is 10.5. The Morgan fingerprint density at radius 2 is 2.60 bits per heavy atom. The van der Waals surface area contributed by atoms with Crippen LogP contribution in [0.4, 0.5) is 0 Å². The Labute approximate surface area is 30.4 Å². The molecule has 0 aromatic carbocycles. The van der Waals surface area contributed by atoms with Gasteiger partial charge in [0, 0.05) is 0 Å². The van der Waals surface area contributed by atoms with Crippen molar-refractivity contribution < 1.29 is 9.84 Å². The lowest BCUT2D eigenvalue weighted by molar-refractivity contribution is 0.164. The molecule has 0 bridgehead atoms. The van der Waals surface area contributed by atoms with Gasteiger partial charge in [0.25, 0.3) is 0 Å². The fraction of sp³-hybridized carbons (Fsp3) is 1.00. The van der Waals surface area contributed by atoms with E-state index in [0.717, 1.165) is 0 Å². The monoisotopic (exact) mass is 73.0 g/mol. The van der Waals surface area contributed by atoms with Crippen LogP contribution in [0.25, 0.3) is 0 Å². The van der Waals surface area contributed by atoms with Crippen molar-refractivity contribution in [3.05, 3.63) is 0 Å². The summed E-state index contributed by atoms with van der Waals surface area (Å²) in [6, 6.07) is 0. The summed E-state index contributed by atoms with van der Waals surface area (Å²) in [5, 5.41) is 9.57. The van der Waals surface area contributed by atoms with E-state index in [1.807, 2.05) is 0 Å². The molecule has 1 rings (SSSR count). The molecule has 0 spiro atoms. The minimum atomic E-state index is -0.0556. The molecular formula is C3H5O2. The third-order valence-corrected chi connectivity index (χ3v) is 0.588. The van der Waals surface area contributed by atoms with Crippen LogP contribution in [0.2, 0.25) is 0 Å². The predicted octanol–water partition coefficient (Wildman–Crippen LogP) is -0.184. The van der Waals surface area contributed by atoms with Gasteiger partial charge in [-0.25, -0.2) is 5.11 Å². The zero-order valence-electron chi connectivity index (χ0n) is 2.81. The maximum atomic E-state index is 9.57. The molecule has 1 radical (unpaired) electrons. The summed E-state index contributed by atoms with van der Waals surface area (Å²) in [4.78, 5) is 0. The van der Waals surface area contributed by atoms with Gasteiger partial charge in [-0.05, 0) is 0 Å². The van der Waals surface area contributed by atoms with Crippen molar-refractivity contribution in [1.29, 1.82) is 0 Å². The second-order valence-electron chi connectivity index (χ2n) is 1.12. The molecule has 0 aromatic heterocycles. The van der Waals surface area contributed by atoms with Crippen molar-refractivity contribution in [3.8, 4) is 0 Å². The highest BCUT2D eigenvalue weighted by Crippen LogP contribution is 2.05. The quantitative estimate of drug-likeness (QED) is 0.396. The Balaban J connectivity index is 2.00. The van der Waals surface area contributed by atoms with Crippen molar-refractivity contribution in [1.82, 2.24) is 0 Å². The molecule has 1 atom stereocenters. The average molecular weight is 73.1 g/mol. The van der Waals surface area contributed by atoms with Crippen LogP contribution < -0.4 is 0 Å². The largest absolute Gasteiger partial charge is 0.370 e. The van der Waals surface area contributed by atoms with Gasteiger partial charge in [0.1, 0.15) is 12.7 Å². The van der Waals surface area contributed by atoms with Crippen LogP contribution in [-0.2, 0) is 9.84 Å². The molecular weight excluding hydrogens is 68.0 g/mol. The van der Waals surface area contributed by atoms with Crippen molar-refractivity contribution in [2.24, 2.45) is 0 Å². The minimum absolute atomic E-state index is 0.0556. The first-order valence-electron chi connectivity index (χ1n) is 1.63. The summed E-state index contributed by atoms with van der Waals surface area (Å²) in [6.07, 6.45) is 0.0787. The van der Waals surface area contributed by atoms with E-state index in [-0.39, 0.29) is 12.7 Å². The first kappa shape index (κ1) is 3.12. The predicted molar refractivity (Wildman–Crippen MR) is 15.3 cm³/mol. The second kappa shape index (κ2) is 0.954. The summed E-state index contributed by atoms with van der Waals surface area (Å²) in [6.45, 7) is 0.642. The lowest BCUT2D eigenvalue weighted by Gasteiger charge is -1.66. The van der Waals surface area contributed by atoms with Gasteiger partial charge >= 0.3 is 0 Å². The van der Waals surface area contributed by atoms with Crippen molar-refractivity contribution in [2.75, 3.05) is 13.2 Å². The van der Waals surface area contributed by atoms with E-state index in [2.05, 4.69) is 4.74 Å². The fourth-order valence-electron chi connectivity index (χ4n) is 0.164.